The van der Waals surface area contributed by atoms with Crippen LogP contribution in [0.3, 0.4) is 0 Å². The summed E-state index contributed by atoms with van der Waals surface area (Å²) in [4.78, 5) is 33.7. The zero-order valence-electron chi connectivity index (χ0n) is 7.89. The van der Waals surface area contributed by atoms with Crippen molar-refractivity contribution in [3.8, 4) is 0 Å². The fourth-order valence-electron chi connectivity index (χ4n) is 0.922. The summed E-state index contributed by atoms with van der Waals surface area (Å²) in [6.07, 6.45) is 0.346. The Morgan fingerprint density at radius 1 is 1.50 bits per heavy atom. The van der Waals surface area contributed by atoms with Gasteiger partial charge in [-0.05, 0) is 6.92 Å². The first-order chi connectivity index (χ1) is 6.57. The Bertz CT molecular complexity index is 457. The van der Waals surface area contributed by atoms with Gasteiger partial charge in [-0.3, -0.25) is 4.79 Å². The standard InChI is InChI=1S/C8H10N2O4/c1-3-14-8(13)10-6(11)4-5-9(2)7(10)12/h4-5H,3H2,1-2H3. The van der Waals surface area contributed by atoms with Crippen LogP contribution in [0.1, 0.15) is 6.92 Å². The molecule has 76 valence electrons. The molecule has 14 heavy (non-hydrogen) atoms. The van der Waals surface area contributed by atoms with Crippen LogP contribution in [0.5, 0.6) is 0 Å². The van der Waals surface area contributed by atoms with E-state index >= 15 is 0 Å². The van der Waals surface area contributed by atoms with Crippen LogP contribution in [0.15, 0.2) is 21.9 Å². The van der Waals surface area contributed by atoms with Gasteiger partial charge in [0.05, 0.1) is 6.61 Å². The van der Waals surface area contributed by atoms with E-state index in [1.165, 1.54) is 13.2 Å². The van der Waals surface area contributed by atoms with Gasteiger partial charge in [-0.1, -0.05) is 0 Å². The molecule has 0 aliphatic heterocycles. The van der Waals surface area contributed by atoms with Gasteiger partial charge >= 0.3 is 11.8 Å². The molecule has 0 N–H and O–H groups in total. The van der Waals surface area contributed by atoms with E-state index in [0.29, 0.717) is 4.57 Å². The third-order valence-corrected chi connectivity index (χ3v) is 1.60. The molecule has 1 heterocycles. The lowest BCUT2D eigenvalue weighted by Gasteiger charge is -2.04. The van der Waals surface area contributed by atoms with Crippen molar-refractivity contribution in [3.63, 3.8) is 0 Å². The molecule has 0 atom stereocenters. The second-order valence-corrected chi connectivity index (χ2v) is 2.58. The molecule has 0 saturated heterocycles. The van der Waals surface area contributed by atoms with Gasteiger partial charge < -0.3 is 9.30 Å². The third kappa shape index (κ3) is 1.73. The van der Waals surface area contributed by atoms with Crippen molar-refractivity contribution in [1.29, 1.82) is 0 Å². The van der Waals surface area contributed by atoms with Gasteiger partial charge in [0, 0.05) is 19.3 Å². The Morgan fingerprint density at radius 2 is 2.14 bits per heavy atom. The van der Waals surface area contributed by atoms with Crippen LogP contribution in [0, 0.1) is 0 Å². The fraction of sp³-hybridized carbons (Fsp3) is 0.375. The minimum atomic E-state index is -0.946. The van der Waals surface area contributed by atoms with Gasteiger partial charge in [0.1, 0.15) is 0 Å². The predicted octanol–water partition coefficient (Wildman–Crippen LogP) is -0.448. The molecular weight excluding hydrogens is 188 g/mol. The monoisotopic (exact) mass is 198 g/mol. The summed E-state index contributed by atoms with van der Waals surface area (Å²) >= 11 is 0. The maximum absolute atomic E-state index is 11.3. The van der Waals surface area contributed by atoms with Crippen LogP contribution in [0.25, 0.3) is 0 Å². The van der Waals surface area contributed by atoms with Crippen LogP contribution in [0.2, 0.25) is 0 Å². The number of hydrogen-bond donors (Lipinski definition) is 0. The molecule has 0 aliphatic carbocycles. The van der Waals surface area contributed by atoms with Gasteiger partial charge in [0.2, 0.25) is 0 Å². The normalized spacial score (nSPS) is 9.86. The van der Waals surface area contributed by atoms with Crippen molar-refractivity contribution in [2.45, 2.75) is 6.92 Å². The second-order valence-electron chi connectivity index (χ2n) is 2.58. The molecule has 0 aromatic carbocycles. The molecule has 1 aromatic rings. The van der Waals surface area contributed by atoms with Crippen LogP contribution in [0.4, 0.5) is 4.79 Å². The molecule has 6 nitrogen and oxygen atoms in total. The molecule has 0 fully saturated rings. The van der Waals surface area contributed by atoms with Crippen molar-refractivity contribution in [2.75, 3.05) is 6.61 Å². The first-order valence-corrected chi connectivity index (χ1v) is 4.03. The Labute approximate surface area is 79.3 Å². The first kappa shape index (κ1) is 10.2. The minimum absolute atomic E-state index is 0.114. The van der Waals surface area contributed by atoms with E-state index in [0.717, 1.165) is 10.6 Å². The zero-order chi connectivity index (χ0) is 10.7. The van der Waals surface area contributed by atoms with E-state index < -0.39 is 17.3 Å². The number of hydrogen-bond acceptors (Lipinski definition) is 4. The third-order valence-electron chi connectivity index (χ3n) is 1.60. The number of ether oxygens (including phenoxy) is 1. The summed E-state index contributed by atoms with van der Waals surface area (Å²) in [6, 6.07) is 1.12. The molecule has 1 aromatic heterocycles. The first-order valence-electron chi connectivity index (χ1n) is 4.03. The Hall–Kier alpha value is -1.85. The highest BCUT2D eigenvalue weighted by atomic mass is 16.5. The SMILES string of the molecule is CCOC(=O)n1c(=O)ccn(C)c1=O. The number of rotatable bonds is 1. The molecular formula is C8H10N2O4. The highest BCUT2D eigenvalue weighted by molar-refractivity contribution is 5.69. The molecule has 0 spiro atoms. The molecule has 0 unspecified atom stereocenters. The predicted molar refractivity (Wildman–Crippen MR) is 48.4 cm³/mol. The number of aryl methyl sites for hydroxylation is 1. The summed E-state index contributed by atoms with van der Waals surface area (Å²) in [7, 11) is 1.44. The Morgan fingerprint density at radius 3 is 2.71 bits per heavy atom. The van der Waals surface area contributed by atoms with Crippen LogP contribution in [-0.4, -0.2) is 21.8 Å². The summed E-state index contributed by atoms with van der Waals surface area (Å²) in [5.41, 5.74) is -1.40. The number of nitrogens with zero attached hydrogens (tertiary/aromatic N) is 2. The topological polar surface area (TPSA) is 70.3 Å². The summed E-state index contributed by atoms with van der Waals surface area (Å²) in [6.45, 7) is 1.71. The number of carbonyl (C=O) groups is 1. The van der Waals surface area contributed by atoms with Crippen LogP contribution >= 0.6 is 0 Å². The van der Waals surface area contributed by atoms with Gasteiger partial charge in [0.15, 0.2) is 0 Å². The lowest BCUT2D eigenvalue weighted by molar-refractivity contribution is 0.151. The van der Waals surface area contributed by atoms with Gasteiger partial charge in [-0.2, -0.15) is 4.57 Å². The second kappa shape index (κ2) is 3.91. The lowest BCUT2D eigenvalue weighted by atomic mass is 10.6. The highest BCUT2D eigenvalue weighted by Gasteiger charge is 2.11. The Kier molecular flexibility index (Phi) is 2.85. The number of carbonyl (C=O) groups excluding carboxylic acids is 1. The molecule has 0 aliphatic rings. The van der Waals surface area contributed by atoms with Crippen LogP contribution in [-0.2, 0) is 11.8 Å². The average molecular weight is 198 g/mol. The fourth-order valence-corrected chi connectivity index (χ4v) is 0.922. The van der Waals surface area contributed by atoms with Crippen molar-refractivity contribution in [3.05, 3.63) is 33.1 Å². The summed E-state index contributed by atoms with van der Waals surface area (Å²) in [5.74, 6) is 0. The van der Waals surface area contributed by atoms with Gasteiger partial charge in [-0.25, -0.2) is 9.59 Å². The van der Waals surface area contributed by atoms with E-state index in [1.807, 2.05) is 0 Å². The van der Waals surface area contributed by atoms with Crippen molar-refractivity contribution in [1.82, 2.24) is 9.13 Å². The Balaban J connectivity index is 3.33. The zero-order valence-corrected chi connectivity index (χ0v) is 7.89. The van der Waals surface area contributed by atoms with E-state index in [-0.39, 0.29) is 6.61 Å². The van der Waals surface area contributed by atoms with Crippen molar-refractivity contribution < 1.29 is 9.53 Å². The lowest BCUT2D eigenvalue weighted by Crippen LogP contribution is -2.42. The number of aromatic nitrogens is 2. The van der Waals surface area contributed by atoms with E-state index in [1.54, 1.807) is 6.92 Å². The molecule has 6 heteroatoms. The quantitative estimate of drug-likeness (QED) is 0.612. The van der Waals surface area contributed by atoms with E-state index in [9.17, 15) is 14.4 Å². The molecule has 1 rings (SSSR count). The molecule has 0 radical (unpaired) electrons. The minimum Gasteiger partial charge on any atom is -0.449 e. The van der Waals surface area contributed by atoms with Crippen molar-refractivity contribution >= 4 is 6.09 Å². The van der Waals surface area contributed by atoms with Crippen LogP contribution < -0.4 is 11.2 Å². The van der Waals surface area contributed by atoms with Gasteiger partial charge in [0.25, 0.3) is 5.56 Å². The summed E-state index contributed by atoms with van der Waals surface area (Å²) < 4.78 is 6.13. The maximum atomic E-state index is 11.3. The highest BCUT2D eigenvalue weighted by Crippen LogP contribution is 1.80. The maximum Gasteiger partial charge on any atom is 0.425 e. The largest absolute Gasteiger partial charge is 0.449 e. The molecule has 0 bridgehead atoms. The van der Waals surface area contributed by atoms with E-state index in [4.69, 9.17) is 0 Å². The average Bonchev–Trinajstić information content (AvgIpc) is 2.13. The van der Waals surface area contributed by atoms with Crippen molar-refractivity contribution in [2.24, 2.45) is 7.05 Å². The van der Waals surface area contributed by atoms with E-state index in [2.05, 4.69) is 4.74 Å². The smallest absolute Gasteiger partial charge is 0.425 e. The summed E-state index contributed by atoms with van der Waals surface area (Å²) in [5, 5.41) is 0. The molecule has 0 amide bonds. The van der Waals surface area contributed by atoms with Gasteiger partial charge in [-0.15, -0.1) is 0 Å². The molecule has 0 saturated carbocycles.